The van der Waals surface area contributed by atoms with Crippen LogP contribution in [-0.2, 0) is 5.41 Å². The lowest BCUT2D eigenvalue weighted by Crippen LogP contribution is -2.15. The van der Waals surface area contributed by atoms with Crippen molar-refractivity contribution in [2.75, 3.05) is 5.32 Å². The van der Waals surface area contributed by atoms with Crippen molar-refractivity contribution >= 4 is 11.6 Å². The highest BCUT2D eigenvalue weighted by molar-refractivity contribution is 6.05. The molecule has 3 nitrogen and oxygen atoms in total. The van der Waals surface area contributed by atoms with Gasteiger partial charge in [-0.3, -0.25) is 4.79 Å². The number of aryl methyl sites for hydroxylation is 2. The Balaban J connectivity index is 1.96. The lowest BCUT2D eigenvalue weighted by molar-refractivity contribution is 0.102. The quantitative estimate of drug-likeness (QED) is 0.853. The van der Waals surface area contributed by atoms with Gasteiger partial charge in [-0.1, -0.05) is 32.9 Å². The maximum Gasteiger partial charge on any atom is 0.259 e. The Kier molecular flexibility index (Phi) is 3.39. The molecule has 0 bridgehead atoms. The molecule has 0 saturated carbocycles. The second-order valence-electron chi connectivity index (χ2n) is 7.04. The molecule has 0 saturated heterocycles. The number of carbonyl (C=O) groups excluding carboxylic acids is 1. The van der Waals surface area contributed by atoms with Gasteiger partial charge in [0.2, 0.25) is 0 Å². The molecule has 1 aromatic heterocycles. The van der Waals surface area contributed by atoms with Gasteiger partial charge < -0.3 is 9.73 Å². The van der Waals surface area contributed by atoms with Crippen LogP contribution in [0.4, 0.5) is 5.69 Å². The van der Waals surface area contributed by atoms with Crippen LogP contribution in [-0.4, -0.2) is 5.91 Å². The molecule has 1 amide bonds. The Bertz CT molecular complexity index is 740. The Labute approximate surface area is 131 Å². The molecule has 1 heterocycles. The highest BCUT2D eigenvalue weighted by Crippen LogP contribution is 2.48. The van der Waals surface area contributed by atoms with Crippen LogP contribution in [0.25, 0.3) is 0 Å². The van der Waals surface area contributed by atoms with Crippen LogP contribution in [0.15, 0.2) is 28.7 Å². The van der Waals surface area contributed by atoms with Crippen LogP contribution in [0, 0.1) is 13.8 Å². The van der Waals surface area contributed by atoms with E-state index in [0.717, 1.165) is 17.9 Å². The Morgan fingerprint density at radius 3 is 2.68 bits per heavy atom. The first-order valence-electron chi connectivity index (χ1n) is 7.81. The minimum absolute atomic E-state index is 0.0975. The van der Waals surface area contributed by atoms with Gasteiger partial charge in [0.05, 0.1) is 5.56 Å². The van der Waals surface area contributed by atoms with E-state index in [1.807, 2.05) is 26.0 Å². The summed E-state index contributed by atoms with van der Waals surface area (Å²) in [7, 11) is 0. The van der Waals surface area contributed by atoms with Gasteiger partial charge in [-0.15, -0.1) is 0 Å². The number of furan rings is 1. The normalized spacial score (nSPS) is 19.0. The van der Waals surface area contributed by atoms with E-state index < -0.39 is 0 Å². The standard InChI is InChI=1S/C19H23NO2/c1-11-10-19(4,5)15-7-6-8-16(17(11)15)20-18(21)14-9-12(2)22-13(14)3/h6-9,11H,10H2,1-5H3,(H,20,21). The molecule has 3 heteroatoms. The molecule has 0 spiro atoms. The average Bonchev–Trinajstić information content (AvgIpc) is 2.87. The van der Waals surface area contributed by atoms with Crippen molar-refractivity contribution in [1.29, 1.82) is 0 Å². The number of rotatable bonds is 2. The third-order valence-electron chi connectivity index (χ3n) is 4.68. The fourth-order valence-electron chi connectivity index (χ4n) is 3.82. The van der Waals surface area contributed by atoms with Gasteiger partial charge in [-0.05, 0) is 54.9 Å². The van der Waals surface area contributed by atoms with Crippen LogP contribution in [0.2, 0.25) is 0 Å². The van der Waals surface area contributed by atoms with Crippen molar-refractivity contribution in [2.24, 2.45) is 0 Å². The highest BCUT2D eigenvalue weighted by atomic mass is 16.3. The summed E-state index contributed by atoms with van der Waals surface area (Å²) in [5.41, 5.74) is 4.33. The van der Waals surface area contributed by atoms with Gasteiger partial charge in [0.1, 0.15) is 11.5 Å². The zero-order valence-corrected chi connectivity index (χ0v) is 13.9. The Morgan fingerprint density at radius 1 is 1.32 bits per heavy atom. The monoisotopic (exact) mass is 297 g/mol. The van der Waals surface area contributed by atoms with Gasteiger partial charge in [0.25, 0.3) is 5.91 Å². The number of fused-ring (bicyclic) bond motifs is 1. The van der Waals surface area contributed by atoms with Gasteiger partial charge in [-0.2, -0.15) is 0 Å². The van der Waals surface area contributed by atoms with Crippen molar-refractivity contribution in [3.63, 3.8) is 0 Å². The predicted octanol–water partition coefficient (Wildman–Crippen LogP) is 4.93. The fraction of sp³-hybridized carbons (Fsp3) is 0.421. The highest BCUT2D eigenvalue weighted by Gasteiger charge is 2.36. The maximum absolute atomic E-state index is 12.5. The first-order chi connectivity index (χ1) is 10.3. The minimum Gasteiger partial charge on any atom is -0.466 e. The van der Waals surface area contributed by atoms with Gasteiger partial charge in [0, 0.05) is 5.69 Å². The third kappa shape index (κ3) is 2.35. The molecule has 0 fully saturated rings. The number of amides is 1. The lowest BCUT2D eigenvalue weighted by Gasteiger charge is -2.19. The number of carbonyl (C=O) groups is 1. The minimum atomic E-state index is -0.0975. The Hall–Kier alpha value is -2.03. The lowest BCUT2D eigenvalue weighted by atomic mass is 9.86. The van der Waals surface area contributed by atoms with Gasteiger partial charge >= 0.3 is 0 Å². The van der Waals surface area contributed by atoms with E-state index in [9.17, 15) is 4.79 Å². The van der Waals surface area contributed by atoms with E-state index in [4.69, 9.17) is 4.42 Å². The summed E-state index contributed by atoms with van der Waals surface area (Å²) in [5.74, 6) is 1.78. The zero-order chi connectivity index (χ0) is 16.1. The summed E-state index contributed by atoms with van der Waals surface area (Å²) in [6.07, 6.45) is 1.11. The Morgan fingerprint density at radius 2 is 2.05 bits per heavy atom. The number of hydrogen-bond acceptors (Lipinski definition) is 2. The summed E-state index contributed by atoms with van der Waals surface area (Å²) < 4.78 is 5.46. The molecule has 1 unspecified atom stereocenters. The second kappa shape index (κ2) is 5.01. The molecular formula is C19H23NO2. The summed E-state index contributed by atoms with van der Waals surface area (Å²) in [6, 6.07) is 8.00. The zero-order valence-electron chi connectivity index (χ0n) is 13.9. The van der Waals surface area contributed by atoms with E-state index in [1.54, 1.807) is 6.07 Å². The molecule has 116 valence electrons. The molecule has 2 aromatic rings. The maximum atomic E-state index is 12.5. The predicted molar refractivity (Wildman–Crippen MR) is 88.6 cm³/mol. The van der Waals surface area contributed by atoms with E-state index in [-0.39, 0.29) is 11.3 Å². The first kappa shape index (κ1) is 14.9. The number of hydrogen-bond donors (Lipinski definition) is 1. The van der Waals surface area contributed by atoms with Crippen molar-refractivity contribution in [3.8, 4) is 0 Å². The van der Waals surface area contributed by atoms with E-state index >= 15 is 0 Å². The summed E-state index contributed by atoms with van der Waals surface area (Å²) in [5, 5.41) is 3.08. The first-order valence-corrected chi connectivity index (χ1v) is 7.81. The van der Waals surface area contributed by atoms with Crippen molar-refractivity contribution in [2.45, 2.75) is 52.4 Å². The van der Waals surface area contributed by atoms with Crippen LogP contribution < -0.4 is 5.32 Å². The smallest absolute Gasteiger partial charge is 0.259 e. The number of benzene rings is 1. The fourth-order valence-corrected chi connectivity index (χ4v) is 3.82. The summed E-state index contributed by atoms with van der Waals surface area (Å²) in [4.78, 5) is 12.5. The molecule has 1 N–H and O–H groups in total. The SMILES string of the molecule is Cc1cc(C(=O)Nc2cccc3c2C(C)CC3(C)C)c(C)o1. The largest absolute Gasteiger partial charge is 0.466 e. The van der Waals surface area contributed by atoms with Crippen molar-refractivity contribution in [1.82, 2.24) is 0 Å². The van der Waals surface area contributed by atoms with E-state index in [2.05, 4.69) is 32.2 Å². The molecule has 1 aliphatic carbocycles. The molecule has 0 radical (unpaired) electrons. The van der Waals surface area contributed by atoms with Gasteiger partial charge in [-0.25, -0.2) is 0 Å². The van der Waals surface area contributed by atoms with Crippen molar-refractivity contribution < 1.29 is 9.21 Å². The second-order valence-corrected chi connectivity index (χ2v) is 7.04. The van der Waals surface area contributed by atoms with Crippen LogP contribution in [0.1, 0.15) is 66.1 Å². The van der Waals surface area contributed by atoms with Crippen LogP contribution in [0.5, 0.6) is 0 Å². The molecule has 3 rings (SSSR count). The molecule has 1 atom stereocenters. The average molecular weight is 297 g/mol. The molecular weight excluding hydrogens is 274 g/mol. The molecule has 22 heavy (non-hydrogen) atoms. The van der Waals surface area contributed by atoms with Gasteiger partial charge in [0.15, 0.2) is 0 Å². The van der Waals surface area contributed by atoms with Crippen LogP contribution in [0.3, 0.4) is 0 Å². The van der Waals surface area contributed by atoms with E-state index in [0.29, 0.717) is 17.2 Å². The van der Waals surface area contributed by atoms with E-state index in [1.165, 1.54) is 11.1 Å². The summed E-state index contributed by atoms with van der Waals surface area (Å²) in [6.45, 7) is 10.4. The molecule has 0 aliphatic heterocycles. The number of anilines is 1. The summed E-state index contributed by atoms with van der Waals surface area (Å²) >= 11 is 0. The van der Waals surface area contributed by atoms with Crippen molar-refractivity contribution in [3.05, 3.63) is 52.5 Å². The third-order valence-corrected chi connectivity index (χ3v) is 4.68. The van der Waals surface area contributed by atoms with Crippen LogP contribution >= 0.6 is 0 Å². The number of nitrogens with one attached hydrogen (secondary N) is 1. The molecule has 1 aromatic carbocycles. The topological polar surface area (TPSA) is 42.2 Å². The molecule has 1 aliphatic rings.